The molecule has 9 N–H and O–H groups in total. The maximum Gasteiger partial charge on any atom is 0.217 e. The molecule has 0 aromatic heterocycles. The van der Waals surface area contributed by atoms with Crippen LogP contribution >= 0.6 is 12.2 Å². The van der Waals surface area contributed by atoms with E-state index in [4.69, 9.17) is 23.7 Å². The molecule has 0 aliphatic heterocycles. The number of phenols is 1. The Labute approximate surface area is 214 Å². The number of nitrogens with two attached hydrogens (primary N) is 2. The molecular formula is C25H33N3O7S. The largest absolute Gasteiger partial charge is 0.508 e. The number of aliphatic hydroxyl groups is 3. The fraction of sp³-hybridized carbons (Fsp3) is 0.520. The van der Waals surface area contributed by atoms with Crippen molar-refractivity contribution < 1.29 is 34.8 Å². The molecule has 1 saturated carbocycles. The van der Waals surface area contributed by atoms with E-state index < -0.39 is 40.6 Å². The van der Waals surface area contributed by atoms with Crippen molar-refractivity contribution in [3.8, 4) is 5.75 Å². The number of amides is 1. The van der Waals surface area contributed by atoms with Crippen LogP contribution in [0.1, 0.15) is 48.9 Å². The zero-order chi connectivity index (χ0) is 27.2. The first-order valence-corrected chi connectivity index (χ1v) is 12.1. The lowest BCUT2D eigenvalue weighted by atomic mass is 9.57. The van der Waals surface area contributed by atoms with Crippen molar-refractivity contribution in [1.82, 2.24) is 5.32 Å². The van der Waals surface area contributed by atoms with Crippen LogP contribution in [0.15, 0.2) is 17.4 Å². The molecule has 1 aromatic rings. The van der Waals surface area contributed by atoms with E-state index >= 15 is 0 Å². The van der Waals surface area contributed by atoms with E-state index in [-0.39, 0.29) is 48.0 Å². The Bertz CT molecular complexity index is 1170. The molecule has 0 radical (unpaired) electrons. The molecule has 0 saturated heterocycles. The number of hydrogen-bond acceptors (Lipinski definition) is 9. The standard InChI is InChI=1S/C25H33N3O7S/c1-4-13-5-14(9-28-12(3)30)20(32)11(2)16(13)8-24(27)7-15-6-18(31)19(23(26)36)22(34)25(15,35)21(33)17(24)10-29/h5,10,15,18-19,31-33,35H,4,6-9,27H2,1-3H3,(H2,26,36)(H,28,30)/t15-,18?,19?,24+,25+/m1/s1. The molecule has 196 valence electrons. The molecule has 2 unspecified atom stereocenters. The van der Waals surface area contributed by atoms with Crippen molar-refractivity contribution in [3.05, 3.63) is 39.7 Å². The van der Waals surface area contributed by atoms with Crippen LogP contribution in [-0.4, -0.2) is 60.6 Å². The quantitative estimate of drug-likeness (QED) is 0.192. The maximum atomic E-state index is 13.1. The van der Waals surface area contributed by atoms with E-state index in [0.29, 0.717) is 29.4 Å². The van der Waals surface area contributed by atoms with E-state index in [2.05, 4.69) is 5.32 Å². The van der Waals surface area contributed by atoms with Crippen LogP contribution in [-0.2, 0) is 33.8 Å². The molecule has 36 heavy (non-hydrogen) atoms. The minimum Gasteiger partial charge on any atom is -0.508 e. The first-order valence-electron chi connectivity index (χ1n) is 11.7. The van der Waals surface area contributed by atoms with Gasteiger partial charge in [-0.25, -0.2) is 0 Å². The van der Waals surface area contributed by atoms with Gasteiger partial charge in [0.1, 0.15) is 11.5 Å². The second kappa shape index (κ2) is 9.89. The second-order valence-corrected chi connectivity index (χ2v) is 10.3. The number of carbonyl (C=O) groups is 3. The van der Waals surface area contributed by atoms with Gasteiger partial charge in [0, 0.05) is 24.9 Å². The Kier molecular flexibility index (Phi) is 7.62. The summed E-state index contributed by atoms with van der Waals surface area (Å²) < 4.78 is 0. The number of aldehydes is 1. The van der Waals surface area contributed by atoms with Gasteiger partial charge in [-0.05, 0) is 49.3 Å². The predicted molar refractivity (Wildman–Crippen MR) is 135 cm³/mol. The van der Waals surface area contributed by atoms with Crippen LogP contribution in [0.3, 0.4) is 0 Å². The lowest BCUT2D eigenvalue weighted by molar-refractivity contribution is -0.160. The topological polar surface area (TPSA) is 196 Å². The number of rotatable bonds is 7. The summed E-state index contributed by atoms with van der Waals surface area (Å²) in [6.07, 6.45) is -0.634. The Hall–Kier alpha value is -2.86. The van der Waals surface area contributed by atoms with E-state index in [1.165, 1.54) is 6.92 Å². The summed E-state index contributed by atoms with van der Waals surface area (Å²) >= 11 is 4.89. The molecule has 1 amide bonds. The highest BCUT2D eigenvalue weighted by Gasteiger charge is 2.62. The molecule has 0 bridgehead atoms. The molecule has 2 aliphatic rings. The highest BCUT2D eigenvalue weighted by Crippen LogP contribution is 2.49. The van der Waals surface area contributed by atoms with Crippen molar-refractivity contribution in [2.24, 2.45) is 23.3 Å². The van der Waals surface area contributed by atoms with Gasteiger partial charge in [0.2, 0.25) is 5.91 Å². The molecule has 11 heteroatoms. The Morgan fingerprint density at radius 3 is 2.50 bits per heavy atom. The summed E-state index contributed by atoms with van der Waals surface area (Å²) in [5.41, 5.74) is 10.5. The average molecular weight is 520 g/mol. The van der Waals surface area contributed by atoms with Crippen LogP contribution < -0.4 is 16.8 Å². The summed E-state index contributed by atoms with van der Waals surface area (Å²) in [5.74, 6) is -4.49. The summed E-state index contributed by atoms with van der Waals surface area (Å²) in [7, 11) is 0. The molecule has 1 fully saturated rings. The van der Waals surface area contributed by atoms with Crippen LogP contribution in [0, 0.1) is 18.8 Å². The van der Waals surface area contributed by atoms with Gasteiger partial charge in [-0.15, -0.1) is 0 Å². The number of fused-ring (bicyclic) bond motifs is 1. The number of thiocarbonyl (C=S) groups is 1. The summed E-state index contributed by atoms with van der Waals surface area (Å²) in [4.78, 5) is 36.3. The second-order valence-electron chi connectivity index (χ2n) is 9.84. The summed E-state index contributed by atoms with van der Waals surface area (Å²) in [6.45, 7) is 5.09. The molecule has 5 atom stereocenters. The third-order valence-electron chi connectivity index (χ3n) is 7.60. The van der Waals surface area contributed by atoms with E-state index in [1.54, 1.807) is 13.0 Å². The van der Waals surface area contributed by atoms with Gasteiger partial charge < -0.3 is 37.2 Å². The number of nitrogens with one attached hydrogen (secondary N) is 1. The fourth-order valence-electron chi connectivity index (χ4n) is 5.62. The van der Waals surface area contributed by atoms with Crippen molar-refractivity contribution in [1.29, 1.82) is 0 Å². The predicted octanol–water partition coefficient (Wildman–Crippen LogP) is 0.137. The maximum absolute atomic E-state index is 13.1. The van der Waals surface area contributed by atoms with Crippen LogP contribution in [0.4, 0.5) is 0 Å². The summed E-state index contributed by atoms with van der Waals surface area (Å²) in [5, 5.41) is 46.4. The lowest BCUT2D eigenvalue weighted by Crippen LogP contribution is -2.66. The lowest BCUT2D eigenvalue weighted by Gasteiger charge is -2.50. The first-order chi connectivity index (χ1) is 16.7. The van der Waals surface area contributed by atoms with Crippen LogP contribution in [0.5, 0.6) is 5.75 Å². The molecular weight excluding hydrogens is 486 g/mol. The van der Waals surface area contributed by atoms with Gasteiger partial charge in [-0.2, -0.15) is 0 Å². The number of aliphatic hydroxyl groups excluding tert-OH is 2. The van der Waals surface area contributed by atoms with Gasteiger partial charge >= 0.3 is 0 Å². The van der Waals surface area contributed by atoms with E-state index in [9.17, 15) is 34.8 Å². The third-order valence-corrected chi connectivity index (χ3v) is 7.85. The van der Waals surface area contributed by atoms with Crippen molar-refractivity contribution in [3.63, 3.8) is 0 Å². The number of Topliss-reactive ketones (excluding diaryl/α,β-unsaturated/α-hetero) is 1. The van der Waals surface area contributed by atoms with Gasteiger partial charge in [0.15, 0.2) is 17.7 Å². The number of aromatic hydroxyl groups is 1. The number of carbonyl (C=O) groups excluding carboxylic acids is 3. The molecule has 1 aromatic carbocycles. The van der Waals surface area contributed by atoms with E-state index in [0.717, 1.165) is 5.56 Å². The van der Waals surface area contributed by atoms with Gasteiger partial charge in [0.05, 0.1) is 28.1 Å². The Morgan fingerprint density at radius 1 is 1.33 bits per heavy atom. The van der Waals surface area contributed by atoms with Gasteiger partial charge in [-0.1, -0.05) is 25.2 Å². The molecule has 10 nitrogen and oxygen atoms in total. The number of phenolic OH excluding ortho intramolecular Hbond substituents is 1. The number of ketones is 1. The van der Waals surface area contributed by atoms with Gasteiger partial charge in [0.25, 0.3) is 0 Å². The van der Waals surface area contributed by atoms with Crippen LogP contribution in [0.2, 0.25) is 0 Å². The first kappa shape index (κ1) is 27.7. The van der Waals surface area contributed by atoms with Gasteiger partial charge in [-0.3, -0.25) is 14.4 Å². The number of benzene rings is 1. The smallest absolute Gasteiger partial charge is 0.217 e. The molecule has 2 aliphatic carbocycles. The monoisotopic (exact) mass is 519 g/mol. The molecule has 0 heterocycles. The Morgan fingerprint density at radius 2 is 1.97 bits per heavy atom. The number of hydrogen-bond donors (Lipinski definition) is 7. The summed E-state index contributed by atoms with van der Waals surface area (Å²) in [6, 6.07) is 1.75. The SMILES string of the molecule is CCc1cc(CNC(C)=O)c(O)c(C)c1C[C@@]1(N)C[C@H]2CC(O)C(C(N)=S)C(=O)[C@@]2(O)C(O)=C1C=O. The highest BCUT2D eigenvalue weighted by molar-refractivity contribution is 7.80. The third kappa shape index (κ3) is 4.40. The minimum absolute atomic E-state index is 0.00368. The van der Waals surface area contributed by atoms with Crippen molar-refractivity contribution in [2.45, 2.75) is 70.2 Å². The fourth-order valence-corrected chi connectivity index (χ4v) is 5.89. The average Bonchev–Trinajstić information content (AvgIpc) is 2.79. The van der Waals surface area contributed by atoms with E-state index in [1.807, 2.05) is 6.92 Å². The highest BCUT2D eigenvalue weighted by atomic mass is 32.1. The minimum atomic E-state index is -2.46. The van der Waals surface area contributed by atoms with Crippen LogP contribution in [0.25, 0.3) is 0 Å². The zero-order valence-electron chi connectivity index (χ0n) is 20.5. The molecule has 3 rings (SSSR count). The number of aryl methyl sites for hydroxylation is 1. The van der Waals surface area contributed by atoms with Crippen molar-refractivity contribution in [2.75, 3.05) is 0 Å². The Balaban J connectivity index is 2.11. The van der Waals surface area contributed by atoms with Crippen molar-refractivity contribution >= 4 is 35.2 Å². The molecule has 0 spiro atoms. The normalized spacial score (nSPS) is 30.1. The zero-order valence-corrected chi connectivity index (χ0v) is 21.3.